The maximum atomic E-state index is 10.9. The normalized spacial score (nSPS) is 10.7. The summed E-state index contributed by atoms with van der Waals surface area (Å²) in [6.45, 7) is 0. The number of hydrogen-bond acceptors (Lipinski definition) is 6. The Labute approximate surface area is 142 Å². The number of benzene rings is 1. The van der Waals surface area contributed by atoms with Crippen LogP contribution in [0.4, 0.5) is 13.2 Å². The highest BCUT2D eigenvalue weighted by molar-refractivity contribution is 5.87. The first kappa shape index (κ1) is 18.6. The van der Waals surface area contributed by atoms with Gasteiger partial charge in [-0.2, -0.15) is 13.2 Å². The number of nitrogens with zero attached hydrogens (tertiary/aromatic N) is 3. The van der Waals surface area contributed by atoms with Gasteiger partial charge in [0.1, 0.15) is 5.75 Å². The van der Waals surface area contributed by atoms with Crippen LogP contribution in [-0.2, 0) is 4.79 Å². The van der Waals surface area contributed by atoms with Crippen molar-refractivity contribution in [3.05, 3.63) is 42.2 Å². The molecule has 0 saturated heterocycles. The van der Waals surface area contributed by atoms with Crippen LogP contribution in [0.3, 0.4) is 0 Å². The Morgan fingerprint density at radius 1 is 1.15 bits per heavy atom. The lowest BCUT2D eigenvalue weighted by Gasteiger charge is -2.03. The summed E-state index contributed by atoms with van der Waals surface area (Å²) in [6, 6.07) is 8.92. The number of carbonyl (C=O) groups is 2. The van der Waals surface area contributed by atoms with Crippen molar-refractivity contribution in [3.8, 4) is 11.6 Å². The molecule has 2 heterocycles. The molecule has 26 heavy (non-hydrogen) atoms. The van der Waals surface area contributed by atoms with E-state index in [1.54, 1.807) is 24.4 Å². The molecule has 3 N–H and O–H groups in total. The number of nitrogens with one attached hydrogen (secondary N) is 1. The number of aromatic carboxylic acids is 1. The number of ether oxygens (including phenoxy) is 1. The molecule has 0 aliphatic rings. The van der Waals surface area contributed by atoms with Gasteiger partial charge in [-0.1, -0.05) is 16.4 Å². The fourth-order valence-corrected chi connectivity index (χ4v) is 1.66. The number of carboxylic acids is 2. The summed E-state index contributed by atoms with van der Waals surface area (Å²) in [5.41, 5.74) is 0.639. The highest BCUT2D eigenvalue weighted by Crippen LogP contribution is 2.24. The fourth-order valence-electron chi connectivity index (χ4n) is 1.66. The molecular formula is C14H9F3N4O5. The van der Waals surface area contributed by atoms with E-state index in [0.29, 0.717) is 5.75 Å². The predicted molar refractivity (Wildman–Crippen MR) is 78.8 cm³/mol. The van der Waals surface area contributed by atoms with E-state index >= 15 is 0 Å². The van der Waals surface area contributed by atoms with Crippen molar-refractivity contribution in [2.45, 2.75) is 6.18 Å². The van der Waals surface area contributed by atoms with Gasteiger partial charge in [-0.05, 0) is 24.3 Å². The number of pyridine rings is 1. The van der Waals surface area contributed by atoms with Crippen LogP contribution in [-0.4, -0.2) is 48.7 Å². The summed E-state index contributed by atoms with van der Waals surface area (Å²) in [5.74, 6) is -3.54. The van der Waals surface area contributed by atoms with Crippen molar-refractivity contribution < 1.29 is 37.7 Å². The van der Waals surface area contributed by atoms with E-state index < -0.39 is 18.1 Å². The molecular weight excluding hydrogens is 361 g/mol. The van der Waals surface area contributed by atoms with E-state index in [4.69, 9.17) is 19.7 Å². The zero-order chi connectivity index (χ0) is 19.3. The molecule has 2 aromatic heterocycles. The van der Waals surface area contributed by atoms with Gasteiger partial charge in [-0.25, -0.2) is 14.7 Å². The van der Waals surface area contributed by atoms with Gasteiger partial charge in [0.05, 0.1) is 5.52 Å². The molecule has 1 aromatic carbocycles. The summed E-state index contributed by atoms with van der Waals surface area (Å²) in [7, 11) is 0. The first-order valence-electron chi connectivity index (χ1n) is 6.65. The quantitative estimate of drug-likeness (QED) is 0.639. The molecule has 0 aliphatic carbocycles. The lowest BCUT2D eigenvalue weighted by Crippen LogP contribution is -2.21. The number of aliphatic carboxylic acids is 1. The number of carboxylic acid groups (broad SMARTS) is 2. The second kappa shape index (κ2) is 7.46. The average Bonchev–Trinajstić information content (AvgIpc) is 3.03. The van der Waals surface area contributed by atoms with Crippen LogP contribution in [0.1, 0.15) is 10.5 Å². The number of hydrogen-bond donors (Lipinski definition) is 3. The van der Waals surface area contributed by atoms with Crippen molar-refractivity contribution in [2.75, 3.05) is 0 Å². The summed E-state index contributed by atoms with van der Waals surface area (Å²) in [4.78, 5) is 24.0. The molecule has 3 aromatic rings. The van der Waals surface area contributed by atoms with Crippen LogP contribution >= 0.6 is 0 Å². The molecule has 0 bridgehead atoms. The zero-order valence-electron chi connectivity index (χ0n) is 12.6. The molecule has 0 atom stereocenters. The topological polar surface area (TPSA) is 138 Å². The second-order valence-corrected chi connectivity index (χ2v) is 4.56. The molecule has 0 amide bonds. The van der Waals surface area contributed by atoms with Crippen LogP contribution in [0, 0.1) is 0 Å². The van der Waals surface area contributed by atoms with Crippen LogP contribution in [0.5, 0.6) is 11.6 Å². The van der Waals surface area contributed by atoms with E-state index in [2.05, 4.69) is 20.4 Å². The third kappa shape index (κ3) is 4.66. The number of fused-ring (bicyclic) bond motifs is 1. The van der Waals surface area contributed by atoms with Crippen LogP contribution in [0.25, 0.3) is 10.9 Å². The van der Waals surface area contributed by atoms with Crippen molar-refractivity contribution >= 4 is 22.8 Å². The smallest absolute Gasteiger partial charge is 0.476 e. The molecule has 136 valence electrons. The molecule has 0 fully saturated rings. The van der Waals surface area contributed by atoms with Gasteiger partial charge in [0.25, 0.3) is 5.88 Å². The van der Waals surface area contributed by atoms with Crippen LogP contribution in [0.2, 0.25) is 0 Å². The molecule has 9 nitrogen and oxygen atoms in total. The molecule has 0 unspecified atom stereocenters. The minimum atomic E-state index is -5.08. The minimum absolute atomic E-state index is 0.0734. The predicted octanol–water partition coefficient (Wildman–Crippen LogP) is 2.48. The minimum Gasteiger partial charge on any atom is -0.476 e. The van der Waals surface area contributed by atoms with Gasteiger partial charge in [0, 0.05) is 11.6 Å². The molecule has 0 radical (unpaired) electrons. The Balaban J connectivity index is 0.000000298. The third-order valence-electron chi connectivity index (χ3n) is 2.76. The summed E-state index contributed by atoms with van der Waals surface area (Å²) in [6.07, 6.45) is -3.39. The zero-order valence-corrected chi connectivity index (χ0v) is 12.6. The van der Waals surface area contributed by atoms with Gasteiger partial charge in [0.15, 0.2) is 0 Å². The van der Waals surface area contributed by atoms with E-state index in [1.807, 2.05) is 12.1 Å². The molecule has 0 spiro atoms. The fraction of sp³-hybridized carbons (Fsp3) is 0.0714. The number of aromatic nitrogens is 4. The monoisotopic (exact) mass is 370 g/mol. The maximum Gasteiger partial charge on any atom is 0.490 e. The van der Waals surface area contributed by atoms with Crippen molar-refractivity contribution in [1.82, 2.24) is 20.4 Å². The Kier molecular flexibility index (Phi) is 5.35. The number of alkyl halides is 3. The van der Waals surface area contributed by atoms with Gasteiger partial charge in [-0.15, -0.1) is 0 Å². The summed E-state index contributed by atoms with van der Waals surface area (Å²) in [5, 5.41) is 26.2. The maximum absolute atomic E-state index is 10.9. The summed E-state index contributed by atoms with van der Waals surface area (Å²) < 4.78 is 37.1. The first-order valence-corrected chi connectivity index (χ1v) is 6.65. The average molecular weight is 370 g/mol. The van der Waals surface area contributed by atoms with Crippen LogP contribution < -0.4 is 4.74 Å². The number of H-pyrrole nitrogens is 1. The van der Waals surface area contributed by atoms with E-state index in [-0.39, 0.29) is 11.6 Å². The van der Waals surface area contributed by atoms with Crippen LogP contribution in [0.15, 0.2) is 36.5 Å². The Morgan fingerprint density at radius 3 is 2.46 bits per heavy atom. The lowest BCUT2D eigenvalue weighted by molar-refractivity contribution is -0.192. The Morgan fingerprint density at radius 2 is 1.85 bits per heavy atom. The van der Waals surface area contributed by atoms with Crippen molar-refractivity contribution in [3.63, 3.8) is 0 Å². The molecule has 3 rings (SSSR count). The Bertz CT molecular complexity index is 941. The highest BCUT2D eigenvalue weighted by atomic mass is 19.4. The van der Waals surface area contributed by atoms with E-state index in [9.17, 15) is 18.0 Å². The van der Waals surface area contributed by atoms with Gasteiger partial charge >= 0.3 is 18.1 Å². The third-order valence-corrected chi connectivity index (χ3v) is 2.76. The standard InChI is InChI=1S/C12H8N4O3.C2HF3O2/c17-12(18)10-11(15-16-14-10)19-8-3-4-9-7(6-8)2-1-5-13-9;3-2(4,5)1(6)7/h1-6H,(H,17,18)(H,14,15,16);(H,6,7). The van der Waals surface area contributed by atoms with Crippen molar-refractivity contribution in [1.29, 1.82) is 0 Å². The SMILES string of the molecule is O=C(O)C(F)(F)F.O=C(O)c1[nH]nnc1Oc1ccc2ncccc2c1. The second-order valence-electron chi connectivity index (χ2n) is 4.56. The number of halogens is 3. The summed E-state index contributed by atoms with van der Waals surface area (Å²) >= 11 is 0. The van der Waals surface area contributed by atoms with Gasteiger partial charge < -0.3 is 14.9 Å². The van der Waals surface area contributed by atoms with Gasteiger partial charge in [0.2, 0.25) is 5.69 Å². The van der Waals surface area contributed by atoms with E-state index in [1.165, 1.54) is 0 Å². The molecule has 0 saturated carbocycles. The number of aromatic amines is 1. The Hall–Kier alpha value is -3.70. The first-order chi connectivity index (χ1) is 12.2. The number of rotatable bonds is 3. The molecule has 12 heteroatoms. The largest absolute Gasteiger partial charge is 0.490 e. The lowest BCUT2D eigenvalue weighted by atomic mass is 10.2. The molecule has 0 aliphatic heterocycles. The van der Waals surface area contributed by atoms with Gasteiger partial charge in [-0.3, -0.25) is 4.98 Å². The highest BCUT2D eigenvalue weighted by Gasteiger charge is 2.38. The van der Waals surface area contributed by atoms with Crippen molar-refractivity contribution in [2.24, 2.45) is 0 Å². The van der Waals surface area contributed by atoms with E-state index in [0.717, 1.165) is 10.9 Å².